The summed E-state index contributed by atoms with van der Waals surface area (Å²) in [6.07, 6.45) is 3.87. The van der Waals surface area contributed by atoms with Crippen LogP contribution in [-0.2, 0) is 4.79 Å². The van der Waals surface area contributed by atoms with Crippen molar-refractivity contribution in [2.24, 2.45) is 5.73 Å². The predicted octanol–water partition coefficient (Wildman–Crippen LogP) is 1.08. The minimum Gasteiger partial charge on any atom is -0.478 e. The third-order valence-corrected chi connectivity index (χ3v) is 3.27. The van der Waals surface area contributed by atoms with Crippen LogP contribution in [0.2, 0.25) is 0 Å². The molecule has 1 aliphatic carbocycles. The lowest BCUT2D eigenvalue weighted by Gasteiger charge is -2.02. The quantitative estimate of drug-likeness (QED) is 0.638. The van der Waals surface area contributed by atoms with E-state index in [1.54, 1.807) is 0 Å². The van der Waals surface area contributed by atoms with Gasteiger partial charge in [-0.1, -0.05) is 6.08 Å². The summed E-state index contributed by atoms with van der Waals surface area (Å²) in [4.78, 5) is 11.9. The summed E-state index contributed by atoms with van der Waals surface area (Å²) < 4.78 is 0. The Balaban J connectivity index is 2.45. The van der Waals surface area contributed by atoms with E-state index in [-0.39, 0.29) is 5.37 Å². The standard InChI is InChI=1S/C8H9NO2S/c9-7-6(8(10)11)4-2-1-3-5(4)12-7/h3,7H,1-2,9H2,(H,10,11). The van der Waals surface area contributed by atoms with Crippen LogP contribution in [0.15, 0.2) is 22.1 Å². The number of nitrogens with two attached hydrogens (primary N) is 1. The summed E-state index contributed by atoms with van der Waals surface area (Å²) >= 11 is 1.46. The molecule has 0 radical (unpaired) electrons. The number of hydrogen-bond acceptors (Lipinski definition) is 3. The van der Waals surface area contributed by atoms with Gasteiger partial charge in [-0.2, -0.15) is 0 Å². The monoisotopic (exact) mass is 183 g/mol. The van der Waals surface area contributed by atoms with Gasteiger partial charge in [-0.3, -0.25) is 0 Å². The molecule has 1 unspecified atom stereocenters. The lowest BCUT2D eigenvalue weighted by atomic mass is 10.1. The highest BCUT2D eigenvalue weighted by atomic mass is 32.2. The summed E-state index contributed by atoms with van der Waals surface area (Å²) in [5.74, 6) is -0.865. The largest absolute Gasteiger partial charge is 0.478 e. The summed E-state index contributed by atoms with van der Waals surface area (Å²) in [5.41, 5.74) is 7.02. The average molecular weight is 183 g/mol. The van der Waals surface area contributed by atoms with Gasteiger partial charge in [0.15, 0.2) is 0 Å². The second-order valence-corrected chi connectivity index (χ2v) is 4.03. The summed E-state index contributed by atoms with van der Waals surface area (Å²) in [7, 11) is 0. The van der Waals surface area contributed by atoms with Crippen LogP contribution in [0.5, 0.6) is 0 Å². The number of rotatable bonds is 1. The highest BCUT2D eigenvalue weighted by Gasteiger charge is 2.33. The van der Waals surface area contributed by atoms with Gasteiger partial charge in [0.2, 0.25) is 0 Å². The fraction of sp³-hybridized carbons (Fsp3) is 0.375. The second-order valence-electron chi connectivity index (χ2n) is 2.84. The molecule has 0 aromatic rings. The van der Waals surface area contributed by atoms with Gasteiger partial charge in [0.05, 0.1) is 10.9 Å². The SMILES string of the molecule is NC1SC2=CCCC2=C1C(=O)O. The van der Waals surface area contributed by atoms with Gasteiger partial charge in [0, 0.05) is 4.91 Å². The molecule has 0 spiro atoms. The van der Waals surface area contributed by atoms with Crippen LogP contribution >= 0.6 is 11.8 Å². The number of carboxylic acid groups (broad SMARTS) is 1. The molecule has 0 bridgehead atoms. The number of allylic oxidation sites excluding steroid dienone is 2. The molecular formula is C8H9NO2S. The van der Waals surface area contributed by atoms with E-state index in [9.17, 15) is 4.79 Å². The Morgan fingerprint density at radius 2 is 2.50 bits per heavy atom. The molecule has 2 aliphatic rings. The Morgan fingerprint density at radius 1 is 1.75 bits per heavy atom. The minimum atomic E-state index is -0.865. The molecule has 2 rings (SSSR count). The Morgan fingerprint density at radius 3 is 3.17 bits per heavy atom. The normalized spacial score (nSPS) is 27.4. The molecule has 0 amide bonds. The van der Waals surface area contributed by atoms with E-state index < -0.39 is 5.97 Å². The van der Waals surface area contributed by atoms with Gasteiger partial charge < -0.3 is 10.8 Å². The number of hydrogen-bond donors (Lipinski definition) is 2. The highest BCUT2D eigenvalue weighted by Crippen LogP contribution is 2.45. The number of aliphatic carboxylic acids is 1. The molecule has 1 atom stereocenters. The molecule has 1 aliphatic heterocycles. The molecule has 3 nitrogen and oxygen atoms in total. The fourth-order valence-electron chi connectivity index (χ4n) is 1.60. The molecule has 12 heavy (non-hydrogen) atoms. The molecule has 0 saturated carbocycles. The van der Waals surface area contributed by atoms with E-state index in [4.69, 9.17) is 10.8 Å². The van der Waals surface area contributed by atoms with Crippen molar-refractivity contribution in [2.45, 2.75) is 18.2 Å². The first-order chi connectivity index (χ1) is 5.70. The van der Waals surface area contributed by atoms with Crippen LogP contribution in [0.1, 0.15) is 12.8 Å². The number of thioether (sulfide) groups is 1. The lowest BCUT2D eigenvalue weighted by Crippen LogP contribution is -2.21. The van der Waals surface area contributed by atoms with E-state index in [0.29, 0.717) is 5.57 Å². The average Bonchev–Trinajstić information content (AvgIpc) is 2.44. The fourth-order valence-corrected chi connectivity index (χ4v) is 2.80. The van der Waals surface area contributed by atoms with Crippen molar-refractivity contribution in [3.63, 3.8) is 0 Å². The molecular weight excluding hydrogens is 174 g/mol. The van der Waals surface area contributed by atoms with Crippen LogP contribution in [0, 0.1) is 0 Å². The van der Waals surface area contributed by atoms with Gasteiger partial charge in [0.1, 0.15) is 0 Å². The van der Waals surface area contributed by atoms with Crippen molar-refractivity contribution in [2.75, 3.05) is 0 Å². The second kappa shape index (κ2) is 2.64. The van der Waals surface area contributed by atoms with E-state index in [1.165, 1.54) is 11.8 Å². The molecule has 0 aromatic heterocycles. The zero-order valence-corrected chi connectivity index (χ0v) is 7.23. The minimum absolute atomic E-state index is 0.357. The predicted molar refractivity (Wildman–Crippen MR) is 47.5 cm³/mol. The third kappa shape index (κ3) is 0.990. The maximum absolute atomic E-state index is 10.8. The summed E-state index contributed by atoms with van der Waals surface area (Å²) in [5, 5.41) is 8.49. The van der Waals surface area contributed by atoms with Gasteiger partial charge >= 0.3 is 5.97 Å². The van der Waals surface area contributed by atoms with E-state index in [2.05, 4.69) is 6.08 Å². The molecule has 0 aromatic carbocycles. The van der Waals surface area contributed by atoms with Crippen molar-refractivity contribution in [3.05, 3.63) is 22.1 Å². The van der Waals surface area contributed by atoms with Crippen molar-refractivity contribution in [1.82, 2.24) is 0 Å². The number of carbonyl (C=O) groups is 1. The zero-order chi connectivity index (χ0) is 8.72. The molecule has 3 N–H and O–H groups in total. The molecule has 1 heterocycles. The van der Waals surface area contributed by atoms with E-state index in [0.717, 1.165) is 23.3 Å². The van der Waals surface area contributed by atoms with E-state index in [1.807, 2.05) is 0 Å². The van der Waals surface area contributed by atoms with Gasteiger partial charge in [-0.25, -0.2) is 4.79 Å². The molecule has 0 fully saturated rings. The topological polar surface area (TPSA) is 63.3 Å². The highest BCUT2D eigenvalue weighted by molar-refractivity contribution is 8.04. The smallest absolute Gasteiger partial charge is 0.334 e. The zero-order valence-electron chi connectivity index (χ0n) is 6.41. The van der Waals surface area contributed by atoms with Gasteiger partial charge in [-0.05, 0) is 18.4 Å². The summed E-state index contributed by atoms with van der Waals surface area (Å²) in [6, 6.07) is 0. The lowest BCUT2D eigenvalue weighted by molar-refractivity contribution is -0.132. The van der Waals surface area contributed by atoms with Crippen LogP contribution < -0.4 is 5.73 Å². The van der Waals surface area contributed by atoms with Crippen LogP contribution in [0.3, 0.4) is 0 Å². The third-order valence-electron chi connectivity index (χ3n) is 2.12. The Labute approximate surface area is 74.3 Å². The van der Waals surface area contributed by atoms with Crippen molar-refractivity contribution in [3.8, 4) is 0 Å². The van der Waals surface area contributed by atoms with Crippen LogP contribution in [0.25, 0.3) is 0 Å². The van der Waals surface area contributed by atoms with Crippen molar-refractivity contribution in [1.29, 1.82) is 0 Å². The van der Waals surface area contributed by atoms with Crippen molar-refractivity contribution >= 4 is 17.7 Å². The summed E-state index contributed by atoms with van der Waals surface area (Å²) in [6.45, 7) is 0. The van der Waals surface area contributed by atoms with Gasteiger partial charge in [-0.15, -0.1) is 11.8 Å². The molecule has 0 saturated heterocycles. The van der Waals surface area contributed by atoms with E-state index >= 15 is 0 Å². The van der Waals surface area contributed by atoms with Gasteiger partial charge in [0.25, 0.3) is 0 Å². The van der Waals surface area contributed by atoms with Crippen LogP contribution in [-0.4, -0.2) is 16.4 Å². The first-order valence-corrected chi connectivity index (χ1v) is 4.67. The molecule has 64 valence electrons. The first-order valence-electron chi connectivity index (χ1n) is 3.79. The molecule has 4 heteroatoms. The number of carboxylic acids is 1. The first kappa shape index (κ1) is 7.89. The Hall–Kier alpha value is -0.740. The number of fused-ring (bicyclic) bond motifs is 1. The van der Waals surface area contributed by atoms with Crippen molar-refractivity contribution < 1.29 is 9.90 Å². The van der Waals surface area contributed by atoms with Crippen LogP contribution in [0.4, 0.5) is 0 Å². The Bertz CT molecular complexity index is 306. The maximum Gasteiger partial charge on any atom is 0.334 e. The Kier molecular flexibility index (Phi) is 1.73. The maximum atomic E-state index is 10.8.